The molecule has 1 amide bonds. The van der Waals surface area contributed by atoms with Crippen LogP contribution in [0.3, 0.4) is 0 Å². The lowest BCUT2D eigenvalue weighted by Gasteiger charge is -2.51. The normalized spacial score (nSPS) is 23.5. The van der Waals surface area contributed by atoms with Crippen LogP contribution in [0, 0.1) is 5.41 Å². The summed E-state index contributed by atoms with van der Waals surface area (Å²) in [5, 5.41) is 9.88. The van der Waals surface area contributed by atoms with Gasteiger partial charge in [0.25, 0.3) is 5.91 Å². The Balaban J connectivity index is 1.60. The van der Waals surface area contributed by atoms with E-state index < -0.39 is 6.36 Å². The predicted molar refractivity (Wildman–Crippen MR) is 75.9 cm³/mol. The van der Waals surface area contributed by atoms with Crippen LogP contribution in [0.1, 0.15) is 36.0 Å². The summed E-state index contributed by atoms with van der Waals surface area (Å²) in [5.41, 5.74) is 0.311. The van der Waals surface area contributed by atoms with E-state index in [1.807, 2.05) is 0 Å². The molecule has 1 saturated carbocycles. The number of halogens is 3. The van der Waals surface area contributed by atoms with E-state index in [1.165, 1.54) is 12.1 Å². The van der Waals surface area contributed by atoms with Crippen molar-refractivity contribution >= 4 is 5.91 Å². The minimum atomic E-state index is -4.74. The molecule has 4 nitrogen and oxygen atoms in total. The fraction of sp³-hybridized carbons (Fsp3) is 0.562. The van der Waals surface area contributed by atoms with Crippen LogP contribution in [0.5, 0.6) is 5.75 Å². The number of benzene rings is 1. The van der Waals surface area contributed by atoms with E-state index in [-0.39, 0.29) is 23.2 Å². The smallest absolute Gasteiger partial charge is 0.406 e. The van der Waals surface area contributed by atoms with Crippen LogP contribution in [0.25, 0.3) is 0 Å². The zero-order chi connectivity index (χ0) is 16.7. The van der Waals surface area contributed by atoms with Crippen LogP contribution >= 0.6 is 0 Å². The number of amides is 1. The molecule has 1 unspecified atom stereocenters. The van der Waals surface area contributed by atoms with Gasteiger partial charge in [-0.15, -0.1) is 13.2 Å². The van der Waals surface area contributed by atoms with E-state index >= 15 is 0 Å². The molecule has 2 aliphatic rings. The minimum Gasteiger partial charge on any atom is -0.406 e. The molecule has 1 aromatic rings. The second-order valence-corrected chi connectivity index (χ2v) is 6.28. The van der Waals surface area contributed by atoms with Gasteiger partial charge < -0.3 is 14.7 Å². The number of aliphatic hydroxyl groups excluding tert-OH is 1. The maximum atomic E-state index is 12.4. The third-order valence-electron chi connectivity index (χ3n) is 5.00. The largest absolute Gasteiger partial charge is 0.573 e. The van der Waals surface area contributed by atoms with Crippen molar-refractivity contribution in [1.29, 1.82) is 0 Å². The number of ether oxygens (including phenoxy) is 1. The number of likely N-dealkylation sites (tertiary alicyclic amines) is 1. The fourth-order valence-corrected chi connectivity index (χ4v) is 3.40. The summed E-state index contributed by atoms with van der Waals surface area (Å²) >= 11 is 0. The van der Waals surface area contributed by atoms with E-state index in [4.69, 9.17) is 0 Å². The second kappa shape index (κ2) is 5.70. The van der Waals surface area contributed by atoms with Gasteiger partial charge in [-0.1, -0.05) is 0 Å². The maximum absolute atomic E-state index is 12.4. The first-order valence-electron chi connectivity index (χ1n) is 7.62. The monoisotopic (exact) mass is 329 g/mol. The third kappa shape index (κ3) is 3.29. The molecule has 0 aromatic heterocycles. The van der Waals surface area contributed by atoms with Crippen LogP contribution in [0.4, 0.5) is 13.2 Å². The highest BCUT2D eigenvalue weighted by molar-refractivity contribution is 5.94. The van der Waals surface area contributed by atoms with Crippen molar-refractivity contribution < 1.29 is 27.8 Å². The van der Waals surface area contributed by atoms with Crippen molar-refractivity contribution in [2.45, 2.75) is 38.1 Å². The first-order valence-corrected chi connectivity index (χ1v) is 7.62. The quantitative estimate of drug-likeness (QED) is 0.907. The summed E-state index contributed by atoms with van der Waals surface area (Å²) in [6.07, 6.45) is -1.63. The van der Waals surface area contributed by atoms with Gasteiger partial charge in [-0.05, 0) is 55.4 Å². The van der Waals surface area contributed by atoms with Crippen molar-refractivity contribution in [1.82, 2.24) is 4.90 Å². The Morgan fingerprint density at radius 3 is 2.22 bits per heavy atom. The topological polar surface area (TPSA) is 49.8 Å². The lowest BCUT2D eigenvalue weighted by atomic mass is 9.61. The van der Waals surface area contributed by atoms with Gasteiger partial charge in [0.15, 0.2) is 0 Å². The number of carbonyl (C=O) groups is 1. The Morgan fingerprint density at radius 2 is 1.78 bits per heavy atom. The molecular formula is C16H18F3NO3. The lowest BCUT2D eigenvalue weighted by molar-refractivity contribution is -0.274. The highest BCUT2D eigenvalue weighted by atomic mass is 19.4. The molecule has 1 aromatic carbocycles. The van der Waals surface area contributed by atoms with Gasteiger partial charge in [0.05, 0.1) is 6.10 Å². The van der Waals surface area contributed by atoms with Gasteiger partial charge in [0, 0.05) is 18.7 Å². The van der Waals surface area contributed by atoms with Crippen LogP contribution < -0.4 is 4.74 Å². The molecule has 1 spiro atoms. The van der Waals surface area contributed by atoms with E-state index in [1.54, 1.807) is 4.90 Å². The van der Waals surface area contributed by atoms with E-state index in [0.29, 0.717) is 18.7 Å². The summed E-state index contributed by atoms with van der Waals surface area (Å²) in [4.78, 5) is 14.1. The van der Waals surface area contributed by atoms with Crippen LogP contribution in [-0.2, 0) is 0 Å². The van der Waals surface area contributed by atoms with E-state index in [0.717, 1.165) is 37.8 Å². The molecule has 23 heavy (non-hydrogen) atoms. The van der Waals surface area contributed by atoms with Crippen LogP contribution in [0.2, 0.25) is 0 Å². The highest BCUT2D eigenvalue weighted by Gasteiger charge is 2.47. The van der Waals surface area contributed by atoms with Crippen LogP contribution in [-0.4, -0.2) is 41.5 Å². The summed E-state index contributed by atoms with van der Waals surface area (Å²) in [6, 6.07) is 4.96. The molecule has 1 aliphatic carbocycles. The van der Waals surface area contributed by atoms with Gasteiger partial charge in [0.2, 0.25) is 0 Å². The SMILES string of the molecule is O=C(c1ccc(OC(F)(F)F)cc1)N1CCC2(CCC2O)CC1. The molecular weight excluding hydrogens is 311 g/mol. The average molecular weight is 329 g/mol. The Morgan fingerprint density at radius 1 is 1.17 bits per heavy atom. The average Bonchev–Trinajstić information content (AvgIpc) is 2.52. The summed E-state index contributed by atoms with van der Waals surface area (Å²) in [6.45, 7) is 1.13. The molecule has 1 aliphatic heterocycles. The summed E-state index contributed by atoms with van der Waals surface area (Å²) in [7, 11) is 0. The molecule has 2 fully saturated rings. The van der Waals surface area contributed by atoms with Gasteiger partial charge in [-0.3, -0.25) is 4.79 Å². The molecule has 1 heterocycles. The molecule has 1 N–H and O–H groups in total. The van der Waals surface area contributed by atoms with Crippen molar-refractivity contribution in [3.63, 3.8) is 0 Å². The van der Waals surface area contributed by atoms with Gasteiger partial charge in [-0.2, -0.15) is 0 Å². The molecule has 1 saturated heterocycles. The fourth-order valence-electron chi connectivity index (χ4n) is 3.40. The Labute approximate surface area is 131 Å². The minimum absolute atomic E-state index is 0.0266. The number of nitrogens with zero attached hydrogens (tertiary/aromatic N) is 1. The number of rotatable bonds is 2. The Bertz CT molecular complexity index is 577. The van der Waals surface area contributed by atoms with E-state index in [9.17, 15) is 23.1 Å². The molecule has 3 rings (SSSR count). The predicted octanol–water partition coefficient (Wildman–Crippen LogP) is 2.96. The van der Waals surface area contributed by atoms with Crippen molar-refractivity contribution in [2.24, 2.45) is 5.41 Å². The number of carbonyl (C=O) groups excluding carboxylic acids is 1. The zero-order valence-electron chi connectivity index (χ0n) is 12.5. The van der Waals surface area contributed by atoms with Gasteiger partial charge in [0.1, 0.15) is 5.75 Å². The number of hydrogen-bond donors (Lipinski definition) is 1. The molecule has 7 heteroatoms. The van der Waals surface area contributed by atoms with Crippen molar-refractivity contribution in [2.75, 3.05) is 13.1 Å². The number of piperidine rings is 1. The molecule has 1 atom stereocenters. The molecule has 0 bridgehead atoms. The standard InChI is InChI=1S/C16H18F3NO3/c17-16(18,19)23-12-3-1-11(2-4-12)14(22)20-9-7-15(8-10-20)6-5-13(15)21/h1-4,13,21H,5-10H2. The van der Waals surface area contributed by atoms with Crippen molar-refractivity contribution in [3.05, 3.63) is 29.8 Å². The first kappa shape index (κ1) is 16.1. The highest BCUT2D eigenvalue weighted by Crippen LogP contribution is 2.49. The maximum Gasteiger partial charge on any atom is 0.573 e. The number of hydrogen-bond acceptors (Lipinski definition) is 3. The number of aliphatic hydroxyl groups is 1. The summed E-state index contributed by atoms with van der Waals surface area (Å²) in [5.74, 6) is -0.545. The third-order valence-corrected chi connectivity index (χ3v) is 5.00. The first-order chi connectivity index (χ1) is 10.8. The summed E-state index contributed by atoms with van der Waals surface area (Å²) < 4.78 is 40.1. The Hall–Kier alpha value is -1.76. The van der Waals surface area contributed by atoms with Crippen molar-refractivity contribution in [3.8, 4) is 5.75 Å². The molecule has 126 valence electrons. The zero-order valence-corrected chi connectivity index (χ0v) is 12.5. The van der Waals surface area contributed by atoms with E-state index in [2.05, 4.69) is 4.74 Å². The lowest BCUT2D eigenvalue weighted by Crippen LogP contribution is -2.53. The second-order valence-electron chi connectivity index (χ2n) is 6.28. The van der Waals surface area contributed by atoms with Gasteiger partial charge >= 0.3 is 6.36 Å². The Kier molecular flexibility index (Phi) is 4.00. The molecule has 0 radical (unpaired) electrons. The number of alkyl halides is 3. The van der Waals surface area contributed by atoms with Crippen LogP contribution in [0.15, 0.2) is 24.3 Å². The van der Waals surface area contributed by atoms with Gasteiger partial charge in [-0.25, -0.2) is 0 Å².